The van der Waals surface area contributed by atoms with E-state index in [1.807, 2.05) is 0 Å². The van der Waals surface area contributed by atoms with Crippen molar-refractivity contribution in [2.24, 2.45) is 5.84 Å². The fraction of sp³-hybridized carbons (Fsp3) is 1.00. The highest BCUT2D eigenvalue weighted by Crippen LogP contribution is 2.07. The van der Waals surface area contributed by atoms with E-state index in [0.717, 1.165) is 0 Å². The molecule has 0 aliphatic carbocycles. The number of nitrogens with one attached hydrogen (secondary N) is 1. The molecule has 3 N–H and O–H groups in total. The Kier molecular flexibility index (Phi) is 5.86. The average molecular weight is 180 g/mol. The molecule has 1 aliphatic rings. The van der Waals surface area contributed by atoms with Crippen molar-refractivity contribution in [3.8, 4) is 0 Å². The van der Waals surface area contributed by atoms with Gasteiger partial charge in [-0.15, -0.1) is 12.4 Å². The molecule has 0 aromatic carbocycles. The summed E-state index contributed by atoms with van der Waals surface area (Å²) in [6.45, 7) is 5.78. The third-order valence-corrected chi connectivity index (χ3v) is 2.27. The van der Waals surface area contributed by atoms with Gasteiger partial charge in [-0.25, -0.2) is 0 Å². The third-order valence-electron chi connectivity index (χ3n) is 2.27. The Labute approximate surface area is 74.7 Å². The Morgan fingerprint density at radius 3 is 2.36 bits per heavy atom. The van der Waals surface area contributed by atoms with E-state index in [4.69, 9.17) is 5.84 Å². The maximum Gasteiger partial charge on any atom is 0.0234 e. The van der Waals surface area contributed by atoms with Crippen LogP contribution in [0.15, 0.2) is 0 Å². The molecule has 4 heteroatoms. The van der Waals surface area contributed by atoms with Crippen LogP contribution >= 0.6 is 12.4 Å². The molecule has 0 bridgehead atoms. The predicted octanol–water partition coefficient (Wildman–Crippen LogP) is 0.356. The van der Waals surface area contributed by atoms with E-state index in [1.54, 1.807) is 0 Å². The molecule has 11 heavy (non-hydrogen) atoms. The first-order chi connectivity index (χ1) is 4.86. The molecule has 0 unspecified atom stereocenters. The molecule has 3 nitrogen and oxygen atoms in total. The lowest BCUT2D eigenvalue weighted by Crippen LogP contribution is -2.44. The molecule has 0 radical (unpaired) electrons. The predicted molar refractivity (Wildman–Crippen MR) is 49.7 cm³/mol. The fourth-order valence-corrected chi connectivity index (χ4v) is 1.42. The molecule has 1 aliphatic heterocycles. The highest BCUT2D eigenvalue weighted by Gasteiger charge is 2.15. The number of rotatable bonds is 2. The Hall–Kier alpha value is 0.170. The highest BCUT2D eigenvalue weighted by atomic mass is 35.5. The monoisotopic (exact) mass is 179 g/mol. The Balaban J connectivity index is 0.000001000. The van der Waals surface area contributed by atoms with Crippen molar-refractivity contribution in [1.82, 2.24) is 10.3 Å². The first kappa shape index (κ1) is 11.2. The Morgan fingerprint density at radius 2 is 2.00 bits per heavy atom. The van der Waals surface area contributed by atoms with Crippen molar-refractivity contribution in [1.29, 1.82) is 0 Å². The smallest absolute Gasteiger partial charge is 0.0234 e. The highest BCUT2D eigenvalue weighted by molar-refractivity contribution is 5.85. The van der Waals surface area contributed by atoms with E-state index in [0.29, 0.717) is 6.04 Å². The van der Waals surface area contributed by atoms with Crippen LogP contribution in [-0.2, 0) is 0 Å². The van der Waals surface area contributed by atoms with Gasteiger partial charge in [-0.3, -0.25) is 11.3 Å². The minimum atomic E-state index is 0. The van der Waals surface area contributed by atoms with Crippen LogP contribution in [0.4, 0.5) is 0 Å². The van der Waals surface area contributed by atoms with Crippen LogP contribution in [0.5, 0.6) is 0 Å². The molecule has 1 rings (SSSR count). The van der Waals surface area contributed by atoms with Crippen LogP contribution in [0, 0.1) is 0 Å². The van der Waals surface area contributed by atoms with Gasteiger partial charge in [0.25, 0.3) is 0 Å². The van der Waals surface area contributed by atoms with Crippen LogP contribution in [0.1, 0.15) is 19.8 Å². The van der Waals surface area contributed by atoms with Crippen LogP contribution in [0.3, 0.4) is 0 Å². The Morgan fingerprint density at radius 1 is 1.45 bits per heavy atom. The third kappa shape index (κ3) is 3.38. The average Bonchev–Trinajstić information content (AvgIpc) is 2.05. The molecule has 0 saturated carbocycles. The van der Waals surface area contributed by atoms with Gasteiger partial charge in [0.1, 0.15) is 0 Å². The normalized spacial score (nSPS) is 21.3. The van der Waals surface area contributed by atoms with Gasteiger partial charge in [0.15, 0.2) is 0 Å². The summed E-state index contributed by atoms with van der Waals surface area (Å²) in [7, 11) is 0. The van der Waals surface area contributed by atoms with Gasteiger partial charge in [-0.2, -0.15) is 0 Å². The van der Waals surface area contributed by atoms with Crippen molar-refractivity contribution in [2.75, 3.05) is 19.6 Å². The zero-order valence-corrected chi connectivity index (χ0v) is 7.86. The lowest BCUT2D eigenvalue weighted by Gasteiger charge is -2.30. The summed E-state index contributed by atoms with van der Waals surface area (Å²) in [4.78, 5) is 2.45. The summed E-state index contributed by atoms with van der Waals surface area (Å²) in [5, 5.41) is 0. The van der Waals surface area contributed by atoms with Gasteiger partial charge in [0, 0.05) is 6.04 Å². The van der Waals surface area contributed by atoms with Crippen molar-refractivity contribution in [2.45, 2.75) is 25.8 Å². The molecule has 0 spiro atoms. The maximum atomic E-state index is 5.32. The van der Waals surface area contributed by atoms with Crippen molar-refractivity contribution < 1.29 is 0 Å². The minimum absolute atomic E-state index is 0. The lowest BCUT2D eigenvalue weighted by molar-refractivity contribution is 0.207. The van der Waals surface area contributed by atoms with Crippen LogP contribution in [0.2, 0.25) is 0 Å². The standard InChI is InChI=1S/C7H17N3.ClH/c1-2-10-5-3-7(9-8)4-6-10;/h7,9H,2-6,8H2,1H3;1H. The molecule has 68 valence electrons. The van der Waals surface area contributed by atoms with Gasteiger partial charge in [0.2, 0.25) is 0 Å². The zero-order chi connectivity index (χ0) is 7.40. The first-order valence-corrected chi connectivity index (χ1v) is 4.05. The van der Waals surface area contributed by atoms with E-state index >= 15 is 0 Å². The fourth-order valence-electron chi connectivity index (χ4n) is 1.42. The number of hydrogen-bond acceptors (Lipinski definition) is 3. The Bertz CT molecular complexity index is 79.7. The van der Waals surface area contributed by atoms with Crippen LogP contribution < -0.4 is 11.3 Å². The molecule has 0 aromatic heterocycles. The van der Waals surface area contributed by atoms with Gasteiger partial charge in [0.05, 0.1) is 0 Å². The first-order valence-electron chi connectivity index (χ1n) is 4.05. The number of halogens is 1. The molecular weight excluding hydrogens is 162 g/mol. The zero-order valence-electron chi connectivity index (χ0n) is 7.05. The molecular formula is C7H18ClN3. The second-order valence-corrected chi connectivity index (χ2v) is 2.88. The van der Waals surface area contributed by atoms with Gasteiger partial charge < -0.3 is 4.90 Å². The van der Waals surface area contributed by atoms with Crippen molar-refractivity contribution >= 4 is 12.4 Å². The number of piperidine rings is 1. The van der Waals surface area contributed by atoms with Gasteiger partial charge in [-0.1, -0.05) is 6.92 Å². The van der Waals surface area contributed by atoms with Crippen molar-refractivity contribution in [3.63, 3.8) is 0 Å². The van der Waals surface area contributed by atoms with E-state index in [1.165, 1.54) is 32.5 Å². The number of nitrogens with two attached hydrogens (primary N) is 1. The largest absolute Gasteiger partial charge is 0.303 e. The summed E-state index contributed by atoms with van der Waals surface area (Å²) >= 11 is 0. The topological polar surface area (TPSA) is 41.3 Å². The van der Waals surface area contributed by atoms with E-state index in [-0.39, 0.29) is 12.4 Å². The van der Waals surface area contributed by atoms with Gasteiger partial charge >= 0.3 is 0 Å². The summed E-state index contributed by atoms with van der Waals surface area (Å²) in [6.07, 6.45) is 2.40. The molecule has 1 saturated heterocycles. The van der Waals surface area contributed by atoms with E-state index in [2.05, 4.69) is 17.2 Å². The molecule has 0 aromatic rings. The van der Waals surface area contributed by atoms with Crippen LogP contribution in [-0.4, -0.2) is 30.6 Å². The summed E-state index contributed by atoms with van der Waals surface area (Å²) in [6, 6.07) is 0.558. The van der Waals surface area contributed by atoms with E-state index < -0.39 is 0 Å². The van der Waals surface area contributed by atoms with Crippen LogP contribution in [0.25, 0.3) is 0 Å². The SMILES string of the molecule is CCN1CCC(NN)CC1.Cl. The molecule has 0 atom stereocenters. The summed E-state index contributed by atoms with van der Waals surface area (Å²) in [5.74, 6) is 5.32. The lowest BCUT2D eigenvalue weighted by atomic mass is 10.1. The second-order valence-electron chi connectivity index (χ2n) is 2.88. The summed E-state index contributed by atoms with van der Waals surface area (Å²) in [5.41, 5.74) is 2.82. The molecule has 0 amide bonds. The minimum Gasteiger partial charge on any atom is -0.303 e. The molecule has 1 heterocycles. The molecule has 1 fully saturated rings. The maximum absolute atomic E-state index is 5.32. The number of nitrogens with zero attached hydrogens (tertiary/aromatic N) is 1. The number of hydrogen-bond donors (Lipinski definition) is 2. The second kappa shape index (κ2) is 5.77. The quantitative estimate of drug-likeness (QED) is 0.475. The van der Waals surface area contributed by atoms with Crippen molar-refractivity contribution in [3.05, 3.63) is 0 Å². The number of hydrazine groups is 1. The van der Waals surface area contributed by atoms with E-state index in [9.17, 15) is 0 Å². The number of likely N-dealkylation sites (tertiary alicyclic amines) is 1. The van der Waals surface area contributed by atoms with Gasteiger partial charge in [-0.05, 0) is 32.5 Å². The summed E-state index contributed by atoms with van der Waals surface area (Å²) < 4.78 is 0.